The minimum atomic E-state index is 0.324. The van der Waals surface area contributed by atoms with Crippen LogP contribution in [0.25, 0.3) is 0 Å². The zero-order valence-corrected chi connectivity index (χ0v) is 17.1. The summed E-state index contributed by atoms with van der Waals surface area (Å²) in [7, 11) is 0. The lowest BCUT2D eigenvalue weighted by Crippen LogP contribution is -2.50. The summed E-state index contributed by atoms with van der Waals surface area (Å²) in [5, 5.41) is 4.18. The van der Waals surface area contributed by atoms with Crippen molar-refractivity contribution in [3.8, 4) is 5.75 Å². The van der Waals surface area contributed by atoms with Crippen molar-refractivity contribution < 1.29 is 9.53 Å². The normalized spacial score (nSPS) is 22.4. The van der Waals surface area contributed by atoms with E-state index in [1.165, 1.54) is 12.8 Å². The van der Waals surface area contributed by atoms with Gasteiger partial charge in [0.15, 0.2) is 0 Å². The summed E-state index contributed by atoms with van der Waals surface area (Å²) in [4.78, 5) is 17.1. The summed E-state index contributed by atoms with van der Waals surface area (Å²) in [5.74, 6) is 2.29. The SMILES string of the molecule is CC(CC(=O)N1CCN(CCOc2ccc(Cl)cc2)CC1)C1CCCNC1. The molecule has 6 heteroatoms. The monoisotopic (exact) mass is 393 g/mol. The lowest BCUT2D eigenvalue weighted by molar-refractivity contribution is -0.134. The number of nitrogens with zero attached hydrogens (tertiary/aromatic N) is 2. The van der Waals surface area contributed by atoms with Crippen molar-refractivity contribution >= 4 is 17.5 Å². The molecule has 0 bridgehead atoms. The molecule has 1 amide bonds. The number of hydrogen-bond donors (Lipinski definition) is 1. The fraction of sp³-hybridized carbons (Fsp3) is 0.667. The van der Waals surface area contributed by atoms with Crippen LogP contribution in [-0.4, -0.2) is 68.1 Å². The molecule has 27 heavy (non-hydrogen) atoms. The van der Waals surface area contributed by atoms with E-state index in [9.17, 15) is 4.79 Å². The Balaban J connectivity index is 1.33. The first-order chi connectivity index (χ1) is 13.1. The number of piperazine rings is 1. The van der Waals surface area contributed by atoms with Crippen molar-refractivity contribution in [1.82, 2.24) is 15.1 Å². The molecular weight excluding hydrogens is 362 g/mol. The van der Waals surface area contributed by atoms with Crippen molar-refractivity contribution in [3.05, 3.63) is 29.3 Å². The largest absolute Gasteiger partial charge is 0.492 e. The van der Waals surface area contributed by atoms with Gasteiger partial charge in [-0.3, -0.25) is 9.69 Å². The maximum absolute atomic E-state index is 12.6. The molecule has 0 saturated carbocycles. The van der Waals surface area contributed by atoms with Gasteiger partial charge in [-0.1, -0.05) is 18.5 Å². The van der Waals surface area contributed by atoms with Gasteiger partial charge in [-0.15, -0.1) is 0 Å². The molecule has 2 heterocycles. The quantitative estimate of drug-likeness (QED) is 0.773. The van der Waals surface area contributed by atoms with E-state index in [1.807, 2.05) is 29.2 Å². The van der Waals surface area contributed by atoms with Crippen molar-refractivity contribution in [2.75, 3.05) is 52.4 Å². The summed E-state index contributed by atoms with van der Waals surface area (Å²) >= 11 is 5.88. The summed E-state index contributed by atoms with van der Waals surface area (Å²) in [6, 6.07) is 7.46. The van der Waals surface area contributed by atoms with Crippen molar-refractivity contribution in [2.24, 2.45) is 11.8 Å². The molecule has 1 aromatic rings. The standard InChI is InChI=1S/C21H32ClN3O2/c1-17(18-3-2-8-23-16-18)15-21(26)25-11-9-24(10-12-25)13-14-27-20-6-4-19(22)5-7-20/h4-7,17-18,23H,2-3,8-16H2,1H3. The number of amides is 1. The van der Waals surface area contributed by atoms with E-state index in [0.29, 0.717) is 30.8 Å². The first-order valence-electron chi connectivity index (χ1n) is 10.2. The van der Waals surface area contributed by atoms with Crippen LogP contribution in [0, 0.1) is 11.8 Å². The van der Waals surface area contributed by atoms with Crippen LogP contribution in [0.1, 0.15) is 26.2 Å². The number of benzene rings is 1. The number of hydrogen-bond acceptors (Lipinski definition) is 4. The summed E-state index contributed by atoms with van der Waals surface area (Å²) in [6.45, 7) is 9.47. The highest BCUT2D eigenvalue weighted by atomic mass is 35.5. The summed E-state index contributed by atoms with van der Waals surface area (Å²) in [6.07, 6.45) is 3.18. The second kappa shape index (κ2) is 10.3. The van der Waals surface area contributed by atoms with E-state index in [0.717, 1.165) is 56.6 Å². The Hall–Kier alpha value is -1.30. The highest BCUT2D eigenvalue weighted by molar-refractivity contribution is 6.30. The summed E-state index contributed by atoms with van der Waals surface area (Å²) < 4.78 is 5.77. The van der Waals surface area contributed by atoms with Crippen LogP contribution in [0.3, 0.4) is 0 Å². The van der Waals surface area contributed by atoms with E-state index in [2.05, 4.69) is 17.1 Å². The predicted octanol–water partition coefficient (Wildman–Crippen LogP) is 2.89. The van der Waals surface area contributed by atoms with Crippen LogP contribution in [0.5, 0.6) is 5.75 Å². The third-order valence-corrected chi connectivity index (χ3v) is 6.10. The highest BCUT2D eigenvalue weighted by Gasteiger charge is 2.26. The first kappa shape index (κ1) is 20.4. The molecule has 0 spiro atoms. The molecule has 2 unspecified atom stereocenters. The third-order valence-electron chi connectivity index (χ3n) is 5.85. The topological polar surface area (TPSA) is 44.8 Å². The molecule has 2 atom stereocenters. The number of carbonyl (C=O) groups excluding carboxylic acids is 1. The van der Waals surface area contributed by atoms with Crippen molar-refractivity contribution in [1.29, 1.82) is 0 Å². The number of carbonyl (C=O) groups is 1. The number of piperidine rings is 1. The number of ether oxygens (including phenoxy) is 1. The minimum absolute atomic E-state index is 0.324. The maximum Gasteiger partial charge on any atom is 0.222 e. The Bertz CT molecular complexity index is 582. The van der Waals surface area contributed by atoms with Gasteiger partial charge in [0.05, 0.1) is 0 Å². The minimum Gasteiger partial charge on any atom is -0.492 e. The molecule has 0 aromatic heterocycles. The van der Waals surface area contributed by atoms with E-state index in [1.54, 1.807) is 0 Å². The zero-order valence-electron chi connectivity index (χ0n) is 16.3. The third kappa shape index (κ3) is 6.37. The lowest BCUT2D eigenvalue weighted by Gasteiger charge is -2.36. The van der Waals surface area contributed by atoms with E-state index < -0.39 is 0 Å². The summed E-state index contributed by atoms with van der Waals surface area (Å²) in [5.41, 5.74) is 0. The van der Waals surface area contributed by atoms with Crippen LogP contribution in [0.15, 0.2) is 24.3 Å². The van der Waals surface area contributed by atoms with Crippen LogP contribution in [0.4, 0.5) is 0 Å². The van der Waals surface area contributed by atoms with Gasteiger partial charge >= 0.3 is 0 Å². The molecule has 2 aliphatic rings. The Kier molecular flexibility index (Phi) is 7.80. The molecule has 0 aliphatic carbocycles. The Morgan fingerprint density at radius 1 is 1.26 bits per heavy atom. The van der Waals surface area contributed by atoms with Gasteiger partial charge in [-0.25, -0.2) is 0 Å². The molecule has 5 nitrogen and oxygen atoms in total. The number of rotatable bonds is 7. The maximum atomic E-state index is 12.6. The van der Waals surface area contributed by atoms with Crippen LogP contribution < -0.4 is 10.1 Å². The van der Waals surface area contributed by atoms with Crippen molar-refractivity contribution in [2.45, 2.75) is 26.2 Å². The van der Waals surface area contributed by atoms with Crippen LogP contribution in [-0.2, 0) is 4.79 Å². The molecule has 2 saturated heterocycles. The van der Waals surface area contributed by atoms with Crippen LogP contribution in [0.2, 0.25) is 5.02 Å². The number of halogens is 1. The second-order valence-electron chi connectivity index (χ2n) is 7.81. The van der Waals surface area contributed by atoms with Gasteiger partial charge in [0.2, 0.25) is 5.91 Å². The second-order valence-corrected chi connectivity index (χ2v) is 8.25. The van der Waals surface area contributed by atoms with Gasteiger partial charge < -0.3 is 15.0 Å². The van der Waals surface area contributed by atoms with Gasteiger partial charge in [0.25, 0.3) is 0 Å². The Morgan fingerprint density at radius 3 is 2.67 bits per heavy atom. The Morgan fingerprint density at radius 2 is 2.00 bits per heavy atom. The predicted molar refractivity (Wildman–Crippen MR) is 109 cm³/mol. The zero-order chi connectivity index (χ0) is 19.1. The highest BCUT2D eigenvalue weighted by Crippen LogP contribution is 2.23. The first-order valence-corrected chi connectivity index (χ1v) is 10.6. The Labute approximate surface area is 168 Å². The van der Waals surface area contributed by atoms with E-state index >= 15 is 0 Å². The molecule has 150 valence electrons. The molecule has 2 fully saturated rings. The average Bonchev–Trinajstić information content (AvgIpc) is 2.70. The van der Waals surface area contributed by atoms with E-state index in [4.69, 9.17) is 16.3 Å². The van der Waals surface area contributed by atoms with E-state index in [-0.39, 0.29) is 0 Å². The van der Waals surface area contributed by atoms with Gasteiger partial charge in [0, 0.05) is 44.2 Å². The fourth-order valence-electron chi connectivity index (χ4n) is 3.98. The van der Waals surface area contributed by atoms with Crippen LogP contribution >= 0.6 is 11.6 Å². The molecule has 1 N–H and O–H groups in total. The average molecular weight is 394 g/mol. The van der Waals surface area contributed by atoms with Gasteiger partial charge in [-0.2, -0.15) is 0 Å². The fourth-order valence-corrected chi connectivity index (χ4v) is 4.11. The van der Waals surface area contributed by atoms with Crippen molar-refractivity contribution in [3.63, 3.8) is 0 Å². The number of nitrogens with one attached hydrogen (secondary N) is 1. The van der Waals surface area contributed by atoms with Gasteiger partial charge in [0.1, 0.15) is 12.4 Å². The molecule has 1 aromatic carbocycles. The van der Waals surface area contributed by atoms with Gasteiger partial charge in [-0.05, 0) is 62.0 Å². The molecule has 0 radical (unpaired) electrons. The lowest BCUT2D eigenvalue weighted by atomic mass is 9.85. The smallest absolute Gasteiger partial charge is 0.222 e. The molecule has 3 rings (SSSR count). The molecule has 2 aliphatic heterocycles. The molecular formula is C21H32ClN3O2.